The summed E-state index contributed by atoms with van der Waals surface area (Å²) in [6.45, 7) is 1.95. The highest BCUT2D eigenvalue weighted by molar-refractivity contribution is 5.73. The van der Waals surface area contributed by atoms with E-state index in [-0.39, 0.29) is 0 Å². The van der Waals surface area contributed by atoms with E-state index in [0.717, 1.165) is 12.8 Å². The number of rotatable bonds is 5. The first-order valence-corrected chi connectivity index (χ1v) is 6.43. The summed E-state index contributed by atoms with van der Waals surface area (Å²) < 4.78 is 9.45. The second-order valence-electron chi connectivity index (χ2n) is 4.48. The first kappa shape index (κ1) is 17.4. The van der Waals surface area contributed by atoms with Crippen molar-refractivity contribution in [2.45, 2.75) is 50.5 Å². The van der Waals surface area contributed by atoms with E-state index in [9.17, 15) is 24.9 Å². The van der Waals surface area contributed by atoms with Crippen LogP contribution in [0.1, 0.15) is 19.8 Å². The van der Waals surface area contributed by atoms with Gasteiger partial charge in [0.1, 0.15) is 18.3 Å². The van der Waals surface area contributed by atoms with Crippen molar-refractivity contribution in [3.63, 3.8) is 0 Å². The van der Waals surface area contributed by atoms with Crippen LogP contribution in [0.2, 0.25) is 0 Å². The maximum atomic E-state index is 11.4. The second-order valence-corrected chi connectivity index (χ2v) is 4.48. The molecule has 0 aromatic rings. The standard InChI is InChI=1S/C12H19NO8/c1-2-3-4-5-13-12(19)21-11-8(16)6(14)7(15)9(20-11)10(17)18/h4-9,11,14-16H,2-3H2,1H3,(H,13,19)(H,17,18)/b5-4+. The van der Waals surface area contributed by atoms with Crippen molar-refractivity contribution in [2.75, 3.05) is 0 Å². The topological polar surface area (TPSA) is 146 Å². The first-order chi connectivity index (χ1) is 9.88. The number of hydrogen-bond acceptors (Lipinski definition) is 7. The normalized spacial score (nSPS) is 32.9. The summed E-state index contributed by atoms with van der Waals surface area (Å²) in [5.41, 5.74) is 0. The zero-order valence-corrected chi connectivity index (χ0v) is 11.4. The lowest BCUT2D eigenvalue weighted by Crippen LogP contribution is -2.60. The van der Waals surface area contributed by atoms with E-state index in [2.05, 4.69) is 10.1 Å². The molecule has 0 aromatic heterocycles. The molecule has 21 heavy (non-hydrogen) atoms. The molecule has 0 saturated carbocycles. The van der Waals surface area contributed by atoms with Crippen LogP contribution in [0.4, 0.5) is 4.79 Å². The molecule has 1 aliphatic rings. The monoisotopic (exact) mass is 305 g/mol. The van der Waals surface area contributed by atoms with E-state index in [1.807, 2.05) is 6.92 Å². The summed E-state index contributed by atoms with van der Waals surface area (Å²) in [7, 11) is 0. The fraction of sp³-hybridized carbons (Fsp3) is 0.667. The summed E-state index contributed by atoms with van der Waals surface area (Å²) in [5, 5.41) is 39.6. The molecule has 0 aromatic carbocycles. The molecule has 1 saturated heterocycles. The molecular formula is C12H19NO8. The molecule has 0 radical (unpaired) electrons. The number of carboxylic acids is 1. The van der Waals surface area contributed by atoms with Gasteiger partial charge in [-0.15, -0.1) is 0 Å². The number of carbonyl (C=O) groups excluding carboxylic acids is 1. The Hall–Kier alpha value is -1.68. The molecule has 9 nitrogen and oxygen atoms in total. The number of aliphatic hydroxyl groups excluding tert-OH is 3. The Balaban J connectivity index is 2.60. The minimum Gasteiger partial charge on any atom is -0.479 e. The lowest BCUT2D eigenvalue weighted by atomic mass is 9.99. The number of aliphatic carboxylic acids is 1. The lowest BCUT2D eigenvalue weighted by molar-refractivity contribution is -0.278. The number of alkyl carbamates (subject to hydrolysis) is 1. The summed E-state index contributed by atoms with van der Waals surface area (Å²) in [6.07, 6.45) is -5.25. The fourth-order valence-corrected chi connectivity index (χ4v) is 1.67. The van der Waals surface area contributed by atoms with E-state index in [4.69, 9.17) is 9.84 Å². The molecule has 5 unspecified atom stereocenters. The number of nitrogens with one attached hydrogen (secondary N) is 1. The van der Waals surface area contributed by atoms with Crippen LogP contribution in [0.5, 0.6) is 0 Å². The van der Waals surface area contributed by atoms with Crippen molar-refractivity contribution in [2.24, 2.45) is 0 Å². The smallest absolute Gasteiger partial charge is 0.413 e. The summed E-state index contributed by atoms with van der Waals surface area (Å²) >= 11 is 0. The zero-order chi connectivity index (χ0) is 16.0. The van der Waals surface area contributed by atoms with Gasteiger partial charge in [0.25, 0.3) is 0 Å². The van der Waals surface area contributed by atoms with E-state index < -0.39 is 42.8 Å². The fourth-order valence-electron chi connectivity index (χ4n) is 1.67. The van der Waals surface area contributed by atoms with Crippen LogP contribution in [-0.4, -0.2) is 63.2 Å². The predicted molar refractivity (Wildman–Crippen MR) is 68.0 cm³/mol. The number of hydrogen-bond donors (Lipinski definition) is 5. The highest BCUT2D eigenvalue weighted by Crippen LogP contribution is 2.22. The molecule has 1 amide bonds. The van der Waals surface area contributed by atoms with Gasteiger partial charge < -0.3 is 29.9 Å². The van der Waals surface area contributed by atoms with Gasteiger partial charge in [0.15, 0.2) is 6.10 Å². The number of carboxylic acid groups (broad SMARTS) is 1. The largest absolute Gasteiger partial charge is 0.479 e. The maximum absolute atomic E-state index is 11.4. The highest BCUT2D eigenvalue weighted by Gasteiger charge is 2.48. The number of unbranched alkanes of at least 4 members (excludes halogenated alkanes) is 1. The van der Waals surface area contributed by atoms with Crippen molar-refractivity contribution in [1.82, 2.24) is 5.32 Å². The average Bonchev–Trinajstić information content (AvgIpc) is 2.44. The molecule has 1 fully saturated rings. The second kappa shape index (κ2) is 7.93. The minimum atomic E-state index is -1.83. The van der Waals surface area contributed by atoms with Crippen LogP contribution in [-0.2, 0) is 14.3 Å². The maximum Gasteiger partial charge on any atom is 0.413 e. The third-order valence-corrected chi connectivity index (χ3v) is 2.81. The molecule has 1 heterocycles. The van der Waals surface area contributed by atoms with Gasteiger partial charge in [-0.25, -0.2) is 9.59 Å². The van der Waals surface area contributed by atoms with Gasteiger partial charge in [-0.05, 0) is 6.42 Å². The van der Waals surface area contributed by atoms with Crippen LogP contribution in [0.3, 0.4) is 0 Å². The third kappa shape index (κ3) is 4.67. The Morgan fingerprint density at radius 2 is 1.90 bits per heavy atom. The van der Waals surface area contributed by atoms with Gasteiger partial charge in [0.05, 0.1) is 0 Å². The molecule has 120 valence electrons. The summed E-state index contributed by atoms with van der Waals surface area (Å²) in [4.78, 5) is 22.3. The first-order valence-electron chi connectivity index (χ1n) is 6.43. The van der Waals surface area contributed by atoms with Crippen LogP contribution in [0, 0.1) is 0 Å². The predicted octanol–water partition coefficient (Wildman–Crippen LogP) is -1.08. The van der Waals surface area contributed by atoms with Crippen LogP contribution in [0.25, 0.3) is 0 Å². The molecule has 0 bridgehead atoms. The highest BCUT2D eigenvalue weighted by atomic mass is 16.7. The average molecular weight is 305 g/mol. The minimum absolute atomic E-state index is 0.745. The van der Waals surface area contributed by atoms with Crippen LogP contribution < -0.4 is 5.32 Å². The van der Waals surface area contributed by atoms with E-state index in [1.165, 1.54) is 6.20 Å². The van der Waals surface area contributed by atoms with Crippen molar-refractivity contribution in [1.29, 1.82) is 0 Å². The Kier molecular flexibility index (Phi) is 6.56. The number of aliphatic hydroxyl groups is 3. The Morgan fingerprint density at radius 1 is 1.24 bits per heavy atom. The Morgan fingerprint density at radius 3 is 2.48 bits per heavy atom. The quantitative estimate of drug-likeness (QED) is 0.431. The van der Waals surface area contributed by atoms with Gasteiger partial charge in [-0.3, -0.25) is 5.32 Å². The number of ether oxygens (including phenoxy) is 2. The number of allylic oxidation sites excluding steroid dienone is 1. The van der Waals surface area contributed by atoms with Gasteiger partial charge in [0.2, 0.25) is 6.29 Å². The molecule has 1 rings (SSSR count). The summed E-state index contributed by atoms with van der Waals surface area (Å²) in [6, 6.07) is 0. The van der Waals surface area contributed by atoms with Gasteiger partial charge in [-0.1, -0.05) is 19.4 Å². The molecule has 5 atom stereocenters. The third-order valence-electron chi connectivity index (χ3n) is 2.81. The molecule has 0 spiro atoms. The molecular weight excluding hydrogens is 286 g/mol. The SMILES string of the molecule is CCC/C=C/NC(=O)OC1OC(C(=O)O)C(O)C(O)C1O. The van der Waals surface area contributed by atoms with Crippen molar-refractivity contribution in [3.8, 4) is 0 Å². The number of carbonyl (C=O) groups is 2. The van der Waals surface area contributed by atoms with Crippen LogP contribution in [0.15, 0.2) is 12.3 Å². The zero-order valence-electron chi connectivity index (χ0n) is 11.4. The van der Waals surface area contributed by atoms with E-state index in [0.29, 0.717) is 0 Å². The van der Waals surface area contributed by atoms with Gasteiger partial charge in [0, 0.05) is 6.20 Å². The van der Waals surface area contributed by atoms with Crippen molar-refractivity contribution < 1.29 is 39.5 Å². The lowest BCUT2D eigenvalue weighted by Gasteiger charge is -2.37. The molecule has 0 aliphatic carbocycles. The van der Waals surface area contributed by atoms with E-state index >= 15 is 0 Å². The molecule has 1 aliphatic heterocycles. The summed E-state index contributed by atoms with van der Waals surface area (Å²) in [5.74, 6) is -1.55. The number of amides is 1. The van der Waals surface area contributed by atoms with Crippen molar-refractivity contribution in [3.05, 3.63) is 12.3 Å². The Bertz CT molecular complexity index is 399. The van der Waals surface area contributed by atoms with Crippen molar-refractivity contribution >= 4 is 12.1 Å². The van der Waals surface area contributed by atoms with Crippen LogP contribution >= 0.6 is 0 Å². The van der Waals surface area contributed by atoms with Gasteiger partial charge in [-0.2, -0.15) is 0 Å². The molecule has 9 heteroatoms. The van der Waals surface area contributed by atoms with E-state index in [1.54, 1.807) is 6.08 Å². The molecule has 5 N–H and O–H groups in total. The Labute approximate surface area is 120 Å². The van der Waals surface area contributed by atoms with Gasteiger partial charge >= 0.3 is 12.1 Å².